The highest BCUT2D eigenvalue weighted by Gasteiger charge is 2.16. The summed E-state index contributed by atoms with van der Waals surface area (Å²) >= 11 is 0. The lowest BCUT2D eigenvalue weighted by molar-refractivity contribution is 0.0939. The molecule has 2 rings (SSSR count). The van der Waals surface area contributed by atoms with Crippen LogP contribution in [0.4, 0.5) is 0 Å². The minimum Gasteiger partial charge on any atom is -0.344 e. The molecule has 0 radical (unpaired) electrons. The molecule has 0 spiro atoms. The second-order valence-electron chi connectivity index (χ2n) is 5.20. The Hall–Kier alpha value is -2.21. The smallest absolute Gasteiger partial charge is 0.251 e. The summed E-state index contributed by atoms with van der Waals surface area (Å²) in [6, 6.07) is 9.86. The van der Waals surface area contributed by atoms with Gasteiger partial charge in [-0.3, -0.25) is 9.78 Å². The number of hydrogen-bond acceptors (Lipinski definition) is 4. The summed E-state index contributed by atoms with van der Waals surface area (Å²) in [6.45, 7) is 3.53. The fourth-order valence-corrected chi connectivity index (χ4v) is 3.12. The minimum absolute atomic E-state index is 0.172. The van der Waals surface area contributed by atoms with Gasteiger partial charge in [-0.25, -0.2) is 8.42 Å². The largest absolute Gasteiger partial charge is 0.344 e. The highest BCUT2D eigenvalue weighted by Crippen LogP contribution is 2.18. The van der Waals surface area contributed by atoms with Crippen molar-refractivity contribution in [3.05, 3.63) is 59.4 Å². The van der Waals surface area contributed by atoms with Gasteiger partial charge in [0.15, 0.2) is 9.84 Å². The molecule has 1 amide bonds. The summed E-state index contributed by atoms with van der Waals surface area (Å²) in [4.78, 5) is 16.6. The number of carbonyl (C=O) groups excluding carboxylic acids is 1. The zero-order valence-corrected chi connectivity index (χ0v) is 13.5. The lowest BCUT2D eigenvalue weighted by atomic mass is 10.1. The summed E-state index contributed by atoms with van der Waals surface area (Å²) in [5.74, 6) is -0.331. The molecule has 0 unspecified atom stereocenters. The summed E-state index contributed by atoms with van der Waals surface area (Å²) in [6.07, 6.45) is 2.79. The number of sulfone groups is 1. The number of aromatic nitrogens is 1. The molecule has 0 aliphatic carbocycles. The maximum Gasteiger partial charge on any atom is 0.251 e. The van der Waals surface area contributed by atoms with Crippen molar-refractivity contribution in [1.82, 2.24) is 10.3 Å². The number of benzene rings is 1. The molecule has 0 saturated heterocycles. The second-order valence-corrected chi connectivity index (χ2v) is 7.19. The van der Waals surface area contributed by atoms with E-state index in [0.29, 0.717) is 11.1 Å². The molecule has 0 aliphatic heterocycles. The van der Waals surface area contributed by atoms with E-state index < -0.39 is 9.84 Å². The quantitative estimate of drug-likeness (QED) is 0.938. The molecule has 1 aromatic carbocycles. The first-order valence-electron chi connectivity index (χ1n) is 6.81. The van der Waals surface area contributed by atoms with E-state index in [1.54, 1.807) is 31.3 Å². The average molecular weight is 318 g/mol. The van der Waals surface area contributed by atoms with Crippen LogP contribution in [0.5, 0.6) is 0 Å². The predicted octanol–water partition coefficient (Wildman–Crippen LogP) is 2.28. The SMILES string of the molecule is Cc1ccc(C(=O)N[C@H](C)c2ccccn2)cc1S(C)(=O)=O. The average Bonchev–Trinajstić information content (AvgIpc) is 2.47. The summed E-state index contributed by atoms with van der Waals surface area (Å²) in [7, 11) is -3.36. The first kappa shape index (κ1) is 16.2. The van der Waals surface area contributed by atoms with Crippen LogP contribution in [0.2, 0.25) is 0 Å². The Morgan fingerprint density at radius 1 is 1.23 bits per heavy atom. The lowest BCUT2D eigenvalue weighted by Crippen LogP contribution is -2.27. The van der Waals surface area contributed by atoms with Crippen molar-refractivity contribution in [2.75, 3.05) is 6.26 Å². The molecule has 0 fully saturated rings. The van der Waals surface area contributed by atoms with E-state index in [1.165, 1.54) is 6.07 Å². The molecule has 1 aromatic heterocycles. The normalized spacial score (nSPS) is 12.7. The summed E-state index contributed by atoms with van der Waals surface area (Å²) < 4.78 is 23.5. The number of rotatable bonds is 4. The van der Waals surface area contributed by atoms with Gasteiger partial charge in [0.1, 0.15) is 0 Å². The number of pyridine rings is 1. The predicted molar refractivity (Wildman–Crippen MR) is 84.4 cm³/mol. The van der Waals surface area contributed by atoms with Gasteiger partial charge in [0.2, 0.25) is 0 Å². The molecule has 0 aliphatic rings. The van der Waals surface area contributed by atoms with Gasteiger partial charge < -0.3 is 5.32 Å². The van der Waals surface area contributed by atoms with Crippen LogP contribution in [-0.2, 0) is 9.84 Å². The third-order valence-corrected chi connectivity index (χ3v) is 4.57. The van der Waals surface area contributed by atoms with E-state index in [9.17, 15) is 13.2 Å². The van der Waals surface area contributed by atoms with Crippen molar-refractivity contribution in [2.24, 2.45) is 0 Å². The molecule has 1 atom stereocenters. The van der Waals surface area contributed by atoms with E-state index in [1.807, 2.05) is 19.1 Å². The van der Waals surface area contributed by atoms with Crippen molar-refractivity contribution in [3.63, 3.8) is 0 Å². The second kappa shape index (κ2) is 6.27. The van der Waals surface area contributed by atoms with Crippen molar-refractivity contribution >= 4 is 15.7 Å². The van der Waals surface area contributed by atoms with Crippen molar-refractivity contribution < 1.29 is 13.2 Å². The first-order chi connectivity index (χ1) is 10.3. The maximum atomic E-state index is 12.3. The molecule has 2 aromatic rings. The molecule has 0 bridgehead atoms. The van der Waals surface area contributed by atoms with Gasteiger partial charge in [-0.15, -0.1) is 0 Å². The Morgan fingerprint density at radius 3 is 2.55 bits per heavy atom. The Kier molecular flexibility index (Phi) is 4.61. The van der Waals surface area contributed by atoms with Gasteiger partial charge in [0.25, 0.3) is 5.91 Å². The van der Waals surface area contributed by atoms with Crippen molar-refractivity contribution in [1.29, 1.82) is 0 Å². The zero-order valence-electron chi connectivity index (χ0n) is 12.7. The van der Waals surface area contributed by atoms with Gasteiger partial charge in [-0.1, -0.05) is 12.1 Å². The highest BCUT2D eigenvalue weighted by molar-refractivity contribution is 7.90. The van der Waals surface area contributed by atoms with Crippen LogP contribution in [0.15, 0.2) is 47.5 Å². The van der Waals surface area contributed by atoms with Gasteiger partial charge in [-0.05, 0) is 43.7 Å². The topological polar surface area (TPSA) is 76.1 Å². The minimum atomic E-state index is -3.36. The number of hydrogen-bond donors (Lipinski definition) is 1. The Bertz CT molecular complexity index is 786. The van der Waals surface area contributed by atoms with Crippen LogP contribution < -0.4 is 5.32 Å². The van der Waals surface area contributed by atoms with Crippen LogP contribution in [0.1, 0.15) is 34.6 Å². The van der Waals surface area contributed by atoms with Gasteiger partial charge in [-0.2, -0.15) is 0 Å². The zero-order chi connectivity index (χ0) is 16.3. The molecule has 5 nitrogen and oxygen atoms in total. The van der Waals surface area contributed by atoms with Gasteiger partial charge >= 0.3 is 0 Å². The fourth-order valence-electron chi connectivity index (χ4n) is 2.13. The number of nitrogens with one attached hydrogen (secondary N) is 1. The molecule has 1 N–H and O–H groups in total. The van der Waals surface area contributed by atoms with Gasteiger partial charge in [0, 0.05) is 18.0 Å². The third-order valence-electron chi connectivity index (χ3n) is 3.33. The van der Waals surface area contributed by atoms with E-state index in [4.69, 9.17) is 0 Å². The Labute approximate surface area is 130 Å². The van der Waals surface area contributed by atoms with Crippen LogP contribution in [0, 0.1) is 6.92 Å². The van der Waals surface area contributed by atoms with Crippen LogP contribution in [0.3, 0.4) is 0 Å². The standard InChI is InChI=1S/C16H18N2O3S/c1-11-7-8-13(10-15(11)22(3,20)21)16(19)18-12(2)14-6-4-5-9-17-14/h4-10,12H,1-3H3,(H,18,19)/t12-/m1/s1. The van der Waals surface area contributed by atoms with E-state index in [2.05, 4.69) is 10.3 Å². The monoisotopic (exact) mass is 318 g/mol. The maximum absolute atomic E-state index is 12.3. The van der Waals surface area contributed by atoms with Crippen molar-refractivity contribution in [3.8, 4) is 0 Å². The van der Waals surface area contributed by atoms with E-state index in [0.717, 1.165) is 11.9 Å². The lowest BCUT2D eigenvalue weighted by Gasteiger charge is -2.14. The molecule has 0 saturated carbocycles. The Morgan fingerprint density at radius 2 is 1.95 bits per heavy atom. The first-order valence-corrected chi connectivity index (χ1v) is 8.70. The Balaban J connectivity index is 2.24. The number of amides is 1. The van der Waals surface area contributed by atoms with E-state index >= 15 is 0 Å². The number of nitrogens with zero attached hydrogens (tertiary/aromatic N) is 1. The fraction of sp³-hybridized carbons (Fsp3) is 0.250. The molecule has 22 heavy (non-hydrogen) atoms. The van der Waals surface area contributed by atoms with E-state index in [-0.39, 0.29) is 16.8 Å². The number of aryl methyl sites for hydroxylation is 1. The molecular formula is C16H18N2O3S. The summed E-state index contributed by atoms with van der Waals surface area (Å²) in [5, 5.41) is 2.81. The van der Waals surface area contributed by atoms with Crippen LogP contribution >= 0.6 is 0 Å². The van der Waals surface area contributed by atoms with Gasteiger partial charge in [0.05, 0.1) is 16.6 Å². The number of carbonyl (C=O) groups is 1. The molecule has 1 heterocycles. The highest BCUT2D eigenvalue weighted by atomic mass is 32.2. The molecular weight excluding hydrogens is 300 g/mol. The molecule has 6 heteroatoms. The van der Waals surface area contributed by atoms with Crippen molar-refractivity contribution in [2.45, 2.75) is 24.8 Å². The molecule has 116 valence electrons. The van der Waals surface area contributed by atoms with Crippen LogP contribution in [0.25, 0.3) is 0 Å². The summed E-state index contributed by atoms with van der Waals surface area (Å²) in [5.41, 5.74) is 1.68. The third kappa shape index (κ3) is 3.71. The van der Waals surface area contributed by atoms with Crippen LogP contribution in [-0.4, -0.2) is 25.6 Å².